The van der Waals surface area contributed by atoms with Crippen LogP contribution >= 0.6 is 0 Å². The number of rotatable bonds is 4. The Labute approximate surface area is 215 Å². The van der Waals surface area contributed by atoms with Crippen LogP contribution in [0.25, 0.3) is 0 Å². The highest BCUT2D eigenvalue weighted by Crippen LogP contribution is 2.36. The predicted molar refractivity (Wildman–Crippen MR) is 125 cm³/mol. The summed E-state index contributed by atoms with van der Waals surface area (Å²) in [6.45, 7) is 0.0591. The van der Waals surface area contributed by atoms with E-state index in [-0.39, 0.29) is 51.1 Å². The molecule has 2 aromatic rings. The number of piperazine rings is 1. The molecule has 1 unspecified atom stereocenters. The van der Waals surface area contributed by atoms with E-state index in [1.807, 2.05) is 0 Å². The van der Waals surface area contributed by atoms with Crippen molar-refractivity contribution >= 4 is 33.4 Å². The second kappa shape index (κ2) is 9.34. The Balaban J connectivity index is 1.35. The predicted octanol–water partition coefficient (Wildman–Crippen LogP) is 2.12. The number of carbonyl (C=O) groups is 3. The van der Waals surface area contributed by atoms with Gasteiger partial charge in [-0.25, -0.2) is 12.8 Å². The van der Waals surface area contributed by atoms with Gasteiger partial charge in [-0.2, -0.15) is 17.5 Å². The third kappa shape index (κ3) is 4.62. The Bertz CT molecular complexity index is 1440. The normalized spacial score (nSPS) is 21.1. The summed E-state index contributed by atoms with van der Waals surface area (Å²) in [4.78, 5) is 39.4. The second-order valence-corrected chi connectivity index (χ2v) is 11.2. The smallest absolute Gasteiger partial charge is 0.369 e. The average Bonchev–Trinajstić information content (AvgIpc) is 3.19. The first kappa shape index (κ1) is 26.1. The molecule has 3 heterocycles. The summed E-state index contributed by atoms with van der Waals surface area (Å²) in [5.74, 6) is -2.25. The highest BCUT2D eigenvalue weighted by Gasteiger charge is 2.41. The van der Waals surface area contributed by atoms with Crippen molar-refractivity contribution in [2.75, 3.05) is 31.1 Å². The SMILES string of the molecule is O=C1CCC(N2Cc3c(cc(F)cc3N3CCN(S(=O)(=O)c4cccc(C(F)(F)F)c4)CC3)C2=O)C(=O)N1. The maximum atomic E-state index is 14.5. The summed E-state index contributed by atoms with van der Waals surface area (Å²) < 4.78 is 80.9. The minimum Gasteiger partial charge on any atom is -0.369 e. The number of fused-ring (bicyclic) bond motifs is 1. The van der Waals surface area contributed by atoms with Gasteiger partial charge >= 0.3 is 6.18 Å². The molecule has 3 amide bonds. The molecule has 0 bridgehead atoms. The zero-order valence-electron chi connectivity index (χ0n) is 19.8. The monoisotopic (exact) mass is 554 g/mol. The third-order valence-corrected chi connectivity index (χ3v) is 8.87. The Kier molecular flexibility index (Phi) is 6.42. The summed E-state index contributed by atoms with van der Waals surface area (Å²) >= 11 is 0. The summed E-state index contributed by atoms with van der Waals surface area (Å²) in [5.41, 5.74) is -0.129. The minimum absolute atomic E-state index is 0.0127. The lowest BCUT2D eigenvalue weighted by Crippen LogP contribution is -2.52. The molecule has 5 rings (SSSR count). The van der Waals surface area contributed by atoms with E-state index in [4.69, 9.17) is 0 Å². The lowest BCUT2D eigenvalue weighted by Gasteiger charge is -2.36. The molecule has 38 heavy (non-hydrogen) atoms. The van der Waals surface area contributed by atoms with E-state index in [0.29, 0.717) is 17.3 Å². The van der Waals surface area contributed by atoms with Crippen molar-refractivity contribution in [3.63, 3.8) is 0 Å². The van der Waals surface area contributed by atoms with Gasteiger partial charge in [0.05, 0.1) is 10.5 Å². The molecule has 1 atom stereocenters. The molecule has 0 radical (unpaired) electrons. The molecule has 2 fully saturated rings. The molecule has 0 aromatic heterocycles. The number of amides is 3. The molecule has 1 N–H and O–H groups in total. The van der Waals surface area contributed by atoms with Crippen molar-refractivity contribution in [2.45, 2.75) is 36.5 Å². The van der Waals surface area contributed by atoms with E-state index in [9.17, 15) is 40.4 Å². The topological polar surface area (TPSA) is 107 Å². The largest absolute Gasteiger partial charge is 0.416 e. The van der Waals surface area contributed by atoms with Crippen LogP contribution in [-0.4, -0.2) is 67.6 Å². The molecule has 202 valence electrons. The average molecular weight is 555 g/mol. The number of hydrogen-bond donors (Lipinski definition) is 1. The number of halogens is 4. The maximum absolute atomic E-state index is 14.5. The van der Waals surface area contributed by atoms with Crippen LogP contribution in [0.2, 0.25) is 0 Å². The molecule has 14 heteroatoms. The van der Waals surface area contributed by atoms with Gasteiger partial charge in [0.1, 0.15) is 11.9 Å². The number of hydrogen-bond acceptors (Lipinski definition) is 6. The van der Waals surface area contributed by atoms with Gasteiger partial charge in [0.2, 0.25) is 21.8 Å². The van der Waals surface area contributed by atoms with Crippen molar-refractivity contribution in [3.8, 4) is 0 Å². The molecule has 3 aliphatic rings. The Morgan fingerprint density at radius 1 is 0.974 bits per heavy atom. The van der Waals surface area contributed by atoms with Gasteiger partial charge in [-0.1, -0.05) is 6.07 Å². The fourth-order valence-corrected chi connectivity index (χ4v) is 6.51. The van der Waals surface area contributed by atoms with Gasteiger partial charge < -0.3 is 9.80 Å². The summed E-state index contributed by atoms with van der Waals surface area (Å²) in [6, 6.07) is 4.96. The van der Waals surface area contributed by atoms with Gasteiger partial charge in [0.15, 0.2) is 0 Å². The van der Waals surface area contributed by atoms with Crippen LogP contribution in [-0.2, 0) is 32.3 Å². The third-order valence-electron chi connectivity index (χ3n) is 6.98. The molecular weight excluding hydrogens is 532 g/mol. The van der Waals surface area contributed by atoms with Crippen LogP contribution in [0.1, 0.15) is 34.3 Å². The first-order valence-electron chi connectivity index (χ1n) is 11.8. The second-order valence-electron chi connectivity index (χ2n) is 9.27. The van der Waals surface area contributed by atoms with Crippen LogP contribution in [0.5, 0.6) is 0 Å². The van der Waals surface area contributed by atoms with Gasteiger partial charge in [-0.05, 0) is 36.8 Å². The number of anilines is 1. The number of sulfonamides is 1. The summed E-state index contributed by atoms with van der Waals surface area (Å²) in [7, 11) is -4.21. The van der Waals surface area contributed by atoms with Crippen LogP contribution in [0.15, 0.2) is 41.3 Å². The van der Waals surface area contributed by atoms with Crippen molar-refractivity contribution in [1.29, 1.82) is 0 Å². The highest BCUT2D eigenvalue weighted by atomic mass is 32.2. The fraction of sp³-hybridized carbons (Fsp3) is 0.375. The molecule has 0 spiro atoms. The van der Waals surface area contributed by atoms with Crippen molar-refractivity contribution in [1.82, 2.24) is 14.5 Å². The number of nitrogens with zero attached hydrogens (tertiary/aromatic N) is 3. The number of alkyl halides is 3. The Morgan fingerprint density at radius 3 is 2.34 bits per heavy atom. The number of piperidine rings is 1. The van der Waals surface area contributed by atoms with Crippen molar-refractivity contribution < 1.29 is 40.4 Å². The lowest BCUT2D eigenvalue weighted by atomic mass is 10.0. The lowest BCUT2D eigenvalue weighted by molar-refractivity contribution is -0.138. The highest BCUT2D eigenvalue weighted by molar-refractivity contribution is 7.89. The van der Waals surface area contributed by atoms with Gasteiger partial charge in [-0.3, -0.25) is 19.7 Å². The molecule has 0 saturated carbocycles. The van der Waals surface area contributed by atoms with Gasteiger partial charge in [0.25, 0.3) is 5.91 Å². The van der Waals surface area contributed by atoms with E-state index < -0.39 is 56.2 Å². The number of nitrogens with one attached hydrogen (secondary N) is 1. The van der Waals surface area contributed by atoms with Crippen LogP contribution in [0, 0.1) is 5.82 Å². The fourth-order valence-electron chi connectivity index (χ4n) is 5.04. The molecule has 9 nitrogen and oxygen atoms in total. The van der Waals surface area contributed by atoms with E-state index in [1.165, 1.54) is 11.0 Å². The first-order valence-corrected chi connectivity index (χ1v) is 13.2. The zero-order valence-corrected chi connectivity index (χ0v) is 20.6. The maximum Gasteiger partial charge on any atom is 0.416 e. The Morgan fingerprint density at radius 2 is 1.68 bits per heavy atom. The first-order chi connectivity index (χ1) is 17.9. The van der Waals surface area contributed by atoms with Gasteiger partial charge in [0, 0.05) is 56.0 Å². The Hall–Kier alpha value is -3.52. The van der Waals surface area contributed by atoms with E-state index in [0.717, 1.165) is 28.6 Å². The van der Waals surface area contributed by atoms with E-state index in [2.05, 4.69) is 5.32 Å². The molecular formula is C24H22F4N4O5S. The van der Waals surface area contributed by atoms with Crippen LogP contribution in [0.4, 0.5) is 23.2 Å². The quantitative estimate of drug-likeness (QED) is 0.459. The zero-order chi connectivity index (χ0) is 27.4. The van der Waals surface area contributed by atoms with Crippen LogP contribution in [0.3, 0.4) is 0 Å². The number of benzene rings is 2. The summed E-state index contributed by atoms with van der Waals surface area (Å²) in [5, 5.41) is 2.21. The van der Waals surface area contributed by atoms with Crippen molar-refractivity contribution in [2.24, 2.45) is 0 Å². The molecule has 2 saturated heterocycles. The van der Waals surface area contributed by atoms with E-state index in [1.54, 1.807) is 4.90 Å². The van der Waals surface area contributed by atoms with Gasteiger partial charge in [-0.15, -0.1) is 0 Å². The van der Waals surface area contributed by atoms with Crippen molar-refractivity contribution in [3.05, 3.63) is 58.9 Å². The molecule has 2 aromatic carbocycles. The molecule has 3 aliphatic heterocycles. The summed E-state index contributed by atoms with van der Waals surface area (Å²) in [6.07, 6.45) is -4.48. The molecule has 0 aliphatic carbocycles. The van der Waals surface area contributed by atoms with E-state index >= 15 is 0 Å². The standard InChI is InChI=1S/C24H22F4N4O5S/c25-15-11-17-18(13-32(23(17)35)19-4-5-21(33)29-22(19)34)20(12-15)30-6-8-31(9-7-30)38(36,37)16-3-1-2-14(10-16)24(26,27)28/h1-3,10-12,19H,4-9,13H2,(H,29,33,34). The number of imide groups is 1. The minimum atomic E-state index is -4.69. The van der Waals surface area contributed by atoms with Crippen LogP contribution < -0.4 is 10.2 Å². The number of carbonyl (C=O) groups excluding carboxylic acids is 3.